The number of hydrogen-bond donors (Lipinski definition) is 3. The molecule has 0 saturated heterocycles. The molecule has 1 aliphatic carbocycles. The Morgan fingerprint density at radius 2 is 1.02 bits per heavy atom. The van der Waals surface area contributed by atoms with E-state index in [1.165, 1.54) is 0 Å². The minimum Gasteiger partial charge on any atom is -0.464 e. The van der Waals surface area contributed by atoms with Crippen molar-refractivity contribution in [1.82, 2.24) is 16.0 Å². The monoisotopic (exact) mass is 899 g/mol. The molecule has 0 saturated carbocycles. The molecular weight excluding hydrogens is 835 g/mol. The van der Waals surface area contributed by atoms with Gasteiger partial charge in [0.15, 0.2) is 0 Å². The van der Waals surface area contributed by atoms with Crippen molar-refractivity contribution in [2.75, 3.05) is 19.8 Å². The van der Waals surface area contributed by atoms with E-state index in [2.05, 4.69) is 39.4 Å². The van der Waals surface area contributed by atoms with Gasteiger partial charge in [0.25, 0.3) is 0 Å². The van der Waals surface area contributed by atoms with E-state index in [1.54, 1.807) is 0 Å². The number of unbranched alkanes of at least 4 members (excludes halogenated alkanes) is 10. The predicted octanol–water partition coefficient (Wildman–Crippen LogP) is 6.75. The number of hydrogen-bond acceptors (Lipinski definition) is 10. The number of Topliss-reactive ketones (excluding diaryl/α,β-unsaturated/α-hetero) is 2. The van der Waals surface area contributed by atoms with E-state index in [9.17, 15) is 33.6 Å². The first-order chi connectivity index (χ1) is 31.5. The number of ketones is 2. The number of rotatable bonds is 33. The number of fused-ring (bicyclic) bond motifs is 3. The second-order valence-corrected chi connectivity index (χ2v) is 16.1. The summed E-state index contributed by atoms with van der Waals surface area (Å²) in [7, 11) is 0. The lowest BCUT2D eigenvalue weighted by Crippen LogP contribution is -2.52. The van der Waals surface area contributed by atoms with Crippen LogP contribution in [0, 0.1) is 0 Å². The fourth-order valence-corrected chi connectivity index (χ4v) is 7.51. The van der Waals surface area contributed by atoms with E-state index in [0.29, 0.717) is 25.3 Å². The van der Waals surface area contributed by atoms with Crippen molar-refractivity contribution in [3.05, 3.63) is 70.7 Å². The summed E-state index contributed by atoms with van der Waals surface area (Å²) in [5, 5.41) is 7.63. The molecule has 0 aliphatic heterocycles. The maximum atomic E-state index is 13.7. The highest BCUT2D eigenvalue weighted by molar-refractivity contribution is 6.25. The minimum atomic E-state index is -1.42. The van der Waals surface area contributed by atoms with Gasteiger partial charge >= 0.3 is 30.5 Å². The Balaban J connectivity index is 1.72. The highest BCUT2D eigenvalue weighted by Crippen LogP contribution is 2.44. The van der Waals surface area contributed by atoms with E-state index in [1.807, 2.05) is 48.5 Å². The van der Waals surface area contributed by atoms with Gasteiger partial charge in [0.05, 0.1) is 13.2 Å². The molecule has 0 radical (unpaired) electrons. The zero-order chi connectivity index (χ0) is 47.2. The Labute approximate surface area is 381 Å². The summed E-state index contributed by atoms with van der Waals surface area (Å²) in [4.78, 5) is 97.0. The highest BCUT2D eigenvalue weighted by Gasteiger charge is 2.32. The number of ether oxygens (including phenoxy) is 3. The number of amides is 3. The normalized spacial score (nSPS) is 12.7. The lowest BCUT2D eigenvalue weighted by Gasteiger charge is -2.23. The summed E-state index contributed by atoms with van der Waals surface area (Å²) < 4.78 is 16.6. The van der Waals surface area contributed by atoms with Crippen molar-refractivity contribution >= 4 is 53.8 Å². The Morgan fingerprint density at radius 3 is 1.52 bits per heavy atom. The van der Waals surface area contributed by atoms with Gasteiger partial charge in [-0.15, -0.1) is 0 Å². The number of carbonyl (C=O) groups is 7. The van der Waals surface area contributed by atoms with Gasteiger partial charge in [0, 0.05) is 25.2 Å². The van der Waals surface area contributed by atoms with Gasteiger partial charge in [-0.1, -0.05) is 127 Å². The van der Waals surface area contributed by atoms with E-state index in [4.69, 9.17) is 25.3 Å². The Hall–Kier alpha value is -6.31. The average Bonchev–Trinajstić information content (AvgIpc) is 3.62. The lowest BCUT2D eigenvalue weighted by molar-refractivity contribution is -0.148. The fourth-order valence-electron chi connectivity index (χ4n) is 7.51. The number of nitrogens with one attached hydrogen (secondary N) is 3. The predicted molar refractivity (Wildman–Crippen MR) is 242 cm³/mol. The molecule has 3 atom stereocenters. The second kappa shape index (κ2) is 30.7. The van der Waals surface area contributed by atoms with Gasteiger partial charge in [-0.2, -0.15) is 9.58 Å². The molecule has 0 fully saturated rings. The van der Waals surface area contributed by atoms with E-state index in [0.717, 1.165) is 86.5 Å². The first-order valence-electron chi connectivity index (χ1n) is 23.0. The van der Waals surface area contributed by atoms with Crippen molar-refractivity contribution in [3.8, 4) is 11.1 Å². The molecule has 3 rings (SSSR count). The van der Waals surface area contributed by atoms with Gasteiger partial charge in [0.1, 0.15) is 24.7 Å². The number of carbonyl (C=O) groups excluding carboxylic acids is 7. The summed E-state index contributed by atoms with van der Waals surface area (Å²) in [6.07, 6.45) is 9.92. The van der Waals surface area contributed by atoms with Crippen molar-refractivity contribution < 1.29 is 57.4 Å². The highest BCUT2D eigenvalue weighted by atomic mass is 16.6. The van der Waals surface area contributed by atoms with E-state index >= 15 is 0 Å². The second-order valence-electron chi connectivity index (χ2n) is 16.1. The van der Waals surface area contributed by atoms with Crippen LogP contribution in [0.5, 0.6) is 0 Å². The van der Waals surface area contributed by atoms with Crippen LogP contribution in [0.3, 0.4) is 0 Å². The van der Waals surface area contributed by atoms with Crippen molar-refractivity contribution in [2.24, 2.45) is 0 Å². The smallest absolute Gasteiger partial charge is 0.407 e. The summed E-state index contributed by atoms with van der Waals surface area (Å²) in [5.41, 5.74) is 21.7. The first-order valence-corrected chi connectivity index (χ1v) is 23.0. The number of benzene rings is 2. The van der Waals surface area contributed by atoms with Gasteiger partial charge in [-0.25, -0.2) is 14.4 Å². The molecule has 3 amide bonds. The third-order valence-electron chi connectivity index (χ3n) is 11.1. The van der Waals surface area contributed by atoms with Crippen molar-refractivity contribution in [3.63, 3.8) is 0 Å². The Bertz CT molecular complexity index is 1950. The molecule has 0 aromatic heterocycles. The molecule has 3 N–H and O–H groups in total. The molecular formula is C48H65N7O10. The zero-order valence-corrected chi connectivity index (χ0v) is 37.8. The van der Waals surface area contributed by atoms with E-state index < -0.39 is 66.0 Å². The van der Waals surface area contributed by atoms with Crippen molar-refractivity contribution in [1.29, 1.82) is 0 Å². The molecule has 1 aliphatic rings. The maximum Gasteiger partial charge on any atom is 0.407 e. The van der Waals surface area contributed by atoms with Crippen LogP contribution in [0.4, 0.5) is 4.79 Å². The molecule has 352 valence electrons. The van der Waals surface area contributed by atoms with E-state index in [-0.39, 0.29) is 57.8 Å². The van der Waals surface area contributed by atoms with Gasteiger partial charge in [0.2, 0.25) is 23.4 Å². The molecule has 17 nitrogen and oxygen atoms in total. The van der Waals surface area contributed by atoms with Gasteiger partial charge in [-0.05, 0) is 54.4 Å². The Kier molecular flexibility index (Phi) is 25.1. The van der Waals surface area contributed by atoms with Crippen LogP contribution in [-0.4, -0.2) is 101 Å². The van der Waals surface area contributed by atoms with Crippen LogP contribution in [0.25, 0.3) is 22.2 Å². The summed E-state index contributed by atoms with van der Waals surface area (Å²) in [5.74, 6) is -4.75. The molecule has 2 aromatic carbocycles. The summed E-state index contributed by atoms with van der Waals surface area (Å²) in [6, 6.07) is 11.6. The topological polar surface area (TPSA) is 256 Å². The molecule has 2 aromatic rings. The van der Waals surface area contributed by atoms with Crippen molar-refractivity contribution in [2.45, 2.75) is 153 Å². The minimum absolute atomic E-state index is 0.0207. The summed E-state index contributed by atoms with van der Waals surface area (Å²) in [6.45, 7) is 4.38. The quantitative estimate of drug-likeness (QED) is 0.0170. The van der Waals surface area contributed by atoms with Gasteiger partial charge < -0.3 is 41.2 Å². The molecule has 0 spiro atoms. The lowest BCUT2D eigenvalue weighted by atomic mass is 9.98. The molecule has 17 heteroatoms. The molecule has 0 heterocycles. The first kappa shape index (κ1) is 53.0. The Morgan fingerprint density at radius 1 is 0.569 bits per heavy atom. The van der Waals surface area contributed by atoms with Gasteiger partial charge in [-0.3, -0.25) is 19.2 Å². The zero-order valence-electron chi connectivity index (χ0n) is 37.8. The van der Waals surface area contributed by atoms with Crippen LogP contribution in [0.1, 0.15) is 146 Å². The van der Waals surface area contributed by atoms with Crippen LogP contribution in [0.15, 0.2) is 48.5 Å². The average molecular weight is 900 g/mol. The molecule has 0 unspecified atom stereocenters. The standard InChI is InChI=1S/C48H65N7O10/c1-3-5-7-9-11-17-29-63-46(60)42(26-24-35(57)32-52-50)54-45(59)41(25-23-34(56)31-51-49)53-44(58)28-27-43(47(61)64-30-18-12-10-8-6-4-2)55-48(62)65-33-40-38-21-15-13-19-36(38)37-20-14-16-22-39(37)40/h13-16,19-22,31-32,40-43H,3-12,17-18,23-30,33H2,1-2H3,(H,53,58)(H,54,59)(H,55,62)/t41-,42-,43-/m0/s1. The van der Waals surface area contributed by atoms with Crippen LogP contribution in [0.2, 0.25) is 0 Å². The summed E-state index contributed by atoms with van der Waals surface area (Å²) >= 11 is 0. The number of alkyl carbamates (subject to hydrolysis) is 1. The van der Waals surface area contributed by atoms with Crippen LogP contribution >= 0.6 is 0 Å². The SMILES string of the molecule is CCCCCCCCOC(=O)[C@H](CCC(=O)N[C@@H](CCC(=O)C=[N+]=[N-])C(=O)N[C@@H](CCC(=O)C=[N+]=[N-])C(=O)OCCCCCCCC)NC(=O)OCC1c2ccccc2-c2ccccc21. The molecule has 65 heavy (non-hydrogen) atoms. The number of nitrogens with zero attached hydrogens (tertiary/aromatic N) is 4. The molecule has 0 bridgehead atoms. The maximum absolute atomic E-state index is 13.7. The number of esters is 2. The van der Waals surface area contributed by atoms with Crippen LogP contribution < -0.4 is 16.0 Å². The third kappa shape index (κ3) is 19.5. The largest absolute Gasteiger partial charge is 0.464 e. The third-order valence-corrected chi connectivity index (χ3v) is 11.1. The fraction of sp³-hybridized carbons (Fsp3) is 0.562. The van der Waals surface area contributed by atoms with Crippen LogP contribution in [-0.2, 0) is 43.0 Å².